The summed E-state index contributed by atoms with van der Waals surface area (Å²) in [4.78, 5) is 2.14. The number of benzene rings is 1. The molecule has 1 aromatic rings. The van der Waals surface area contributed by atoms with Gasteiger partial charge >= 0.3 is 0 Å². The van der Waals surface area contributed by atoms with Crippen LogP contribution in [0.5, 0.6) is 0 Å². The number of likely N-dealkylation sites (tertiary alicyclic amines) is 1. The zero-order valence-electron chi connectivity index (χ0n) is 14.2. The number of sulfonamides is 1. The van der Waals surface area contributed by atoms with Crippen molar-refractivity contribution in [3.05, 3.63) is 23.2 Å². The fraction of sp³-hybridized carbons (Fsp3) is 0.625. The van der Waals surface area contributed by atoms with Gasteiger partial charge in [-0.05, 0) is 57.0 Å². The normalized spacial score (nSPS) is 23.4. The average molecular weight is 407 g/mol. The highest BCUT2D eigenvalue weighted by atomic mass is 35.5. The standard InChI is InChI=1S/C16H23ClN2O4S2/c1-24(20,21)14-6-7-15(17)16(11-14)25(22,23)19-10-4-5-13(19)12-18-8-2-3-9-18/h6-7,11,13H,2-5,8-10,12H2,1H3. The molecule has 9 heteroatoms. The van der Waals surface area contributed by atoms with Crippen LogP contribution in [0.3, 0.4) is 0 Å². The molecule has 0 bridgehead atoms. The van der Waals surface area contributed by atoms with Gasteiger partial charge in [0.1, 0.15) is 4.90 Å². The Labute approximate surface area is 154 Å². The molecule has 0 aliphatic carbocycles. The molecular weight excluding hydrogens is 384 g/mol. The quantitative estimate of drug-likeness (QED) is 0.747. The molecule has 140 valence electrons. The van der Waals surface area contributed by atoms with E-state index in [1.54, 1.807) is 0 Å². The van der Waals surface area contributed by atoms with Gasteiger partial charge in [0, 0.05) is 25.4 Å². The average Bonchev–Trinajstić information content (AvgIpc) is 3.18. The Morgan fingerprint density at radius 3 is 2.40 bits per heavy atom. The lowest BCUT2D eigenvalue weighted by molar-refractivity contribution is 0.257. The first-order valence-corrected chi connectivity index (χ1v) is 12.1. The number of rotatable bonds is 5. The second-order valence-electron chi connectivity index (χ2n) is 6.78. The van der Waals surface area contributed by atoms with Gasteiger partial charge in [0.25, 0.3) is 0 Å². The number of halogens is 1. The predicted molar refractivity (Wildman–Crippen MR) is 97.1 cm³/mol. The maximum atomic E-state index is 13.1. The minimum absolute atomic E-state index is 0.0363. The molecule has 1 unspecified atom stereocenters. The van der Waals surface area contributed by atoms with E-state index in [0.29, 0.717) is 6.54 Å². The molecule has 2 heterocycles. The second kappa shape index (κ2) is 7.15. The van der Waals surface area contributed by atoms with Crippen molar-refractivity contribution in [2.24, 2.45) is 0 Å². The number of hydrogen-bond acceptors (Lipinski definition) is 5. The highest BCUT2D eigenvalue weighted by Gasteiger charge is 2.37. The molecule has 0 spiro atoms. The van der Waals surface area contributed by atoms with E-state index >= 15 is 0 Å². The van der Waals surface area contributed by atoms with Crippen molar-refractivity contribution >= 4 is 31.5 Å². The molecule has 2 saturated heterocycles. The first kappa shape index (κ1) is 19.1. The zero-order chi connectivity index (χ0) is 18.2. The number of sulfone groups is 1. The molecular formula is C16H23ClN2O4S2. The summed E-state index contributed by atoms with van der Waals surface area (Å²) in [6.45, 7) is 3.19. The summed E-state index contributed by atoms with van der Waals surface area (Å²) in [6.07, 6.45) is 4.99. The summed E-state index contributed by atoms with van der Waals surface area (Å²) in [6, 6.07) is 3.78. The molecule has 0 N–H and O–H groups in total. The van der Waals surface area contributed by atoms with Crippen LogP contribution in [0, 0.1) is 0 Å². The SMILES string of the molecule is CS(=O)(=O)c1ccc(Cl)c(S(=O)(=O)N2CCCC2CN2CCCC2)c1. The van der Waals surface area contributed by atoms with E-state index in [1.165, 1.54) is 22.5 Å². The lowest BCUT2D eigenvalue weighted by Crippen LogP contribution is -2.42. The van der Waals surface area contributed by atoms with E-state index in [9.17, 15) is 16.8 Å². The summed E-state index contributed by atoms with van der Waals surface area (Å²) < 4.78 is 51.4. The molecule has 2 fully saturated rings. The van der Waals surface area contributed by atoms with Gasteiger partial charge in [-0.1, -0.05) is 11.6 Å². The lowest BCUT2D eigenvalue weighted by atomic mass is 10.2. The van der Waals surface area contributed by atoms with Crippen molar-refractivity contribution in [1.82, 2.24) is 9.21 Å². The summed E-state index contributed by atoms with van der Waals surface area (Å²) in [5.41, 5.74) is 0. The van der Waals surface area contributed by atoms with E-state index in [0.717, 1.165) is 51.6 Å². The van der Waals surface area contributed by atoms with Gasteiger partial charge in [-0.3, -0.25) is 0 Å². The van der Waals surface area contributed by atoms with Gasteiger partial charge in [0.15, 0.2) is 9.84 Å². The maximum absolute atomic E-state index is 13.1. The molecule has 0 amide bonds. The van der Waals surface area contributed by atoms with Gasteiger partial charge in [-0.2, -0.15) is 4.31 Å². The Morgan fingerprint density at radius 2 is 1.76 bits per heavy atom. The van der Waals surface area contributed by atoms with Gasteiger partial charge in [0.2, 0.25) is 10.0 Å². The fourth-order valence-corrected chi connectivity index (χ4v) is 6.52. The van der Waals surface area contributed by atoms with Crippen molar-refractivity contribution in [1.29, 1.82) is 0 Å². The number of hydrogen-bond donors (Lipinski definition) is 0. The van der Waals surface area contributed by atoms with Crippen LogP contribution in [-0.2, 0) is 19.9 Å². The third-order valence-corrected chi connectivity index (χ3v) is 8.45. The summed E-state index contributed by atoms with van der Waals surface area (Å²) in [5, 5.41) is 0.0548. The van der Waals surface area contributed by atoms with E-state index in [2.05, 4.69) is 4.90 Å². The summed E-state index contributed by atoms with van der Waals surface area (Å²) >= 11 is 6.12. The molecule has 0 saturated carbocycles. The first-order chi connectivity index (χ1) is 11.7. The van der Waals surface area contributed by atoms with Crippen LogP contribution in [0.15, 0.2) is 28.0 Å². The highest BCUT2D eigenvalue weighted by Crippen LogP contribution is 2.32. The Balaban J connectivity index is 1.92. The van der Waals surface area contributed by atoms with Crippen LogP contribution in [0.4, 0.5) is 0 Å². The summed E-state index contributed by atoms with van der Waals surface area (Å²) in [5.74, 6) is 0. The molecule has 25 heavy (non-hydrogen) atoms. The molecule has 2 aliphatic heterocycles. The minimum Gasteiger partial charge on any atom is -0.302 e. The molecule has 0 radical (unpaired) electrons. The van der Waals surface area contributed by atoms with Gasteiger partial charge in [-0.25, -0.2) is 16.8 Å². The number of nitrogens with zero attached hydrogens (tertiary/aromatic N) is 2. The predicted octanol–water partition coefficient (Wildman–Crippen LogP) is 1.99. The third kappa shape index (κ3) is 4.03. The molecule has 6 nitrogen and oxygen atoms in total. The van der Waals surface area contributed by atoms with Crippen molar-refractivity contribution in [2.75, 3.05) is 32.4 Å². The topological polar surface area (TPSA) is 74.8 Å². The van der Waals surface area contributed by atoms with Crippen LogP contribution in [0.2, 0.25) is 5.02 Å². The monoisotopic (exact) mass is 406 g/mol. The van der Waals surface area contributed by atoms with Gasteiger partial charge in [-0.15, -0.1) is 0 Å². The van der Waals surface area contributed by atoms with Crippen molar-refractivity contribution in [3.63, 3.8) is 0 Å². The lowest BCUT2D eigenvalue weighted by Gasteiger charge is -2.28. The van der Waals surface area contributed by atoms with Crippen LogP contribution in [-0.4, -0.2) is 64.5 Å². The highest BCUT2D eigenvalue weighted by molar-refractivity contribution is 7.91. The minimum atomic E-state index is -3.83. The molecule has 1 atom stereocenters. The Hall–Kier alpha value is -0.670. The van der Waals surface area contributed by atoms with Gasteiger partial charge in [0.05, 0.1) is 9.92 Å². The van der Waals surface area contributed by atoms with E-state index < -0.39 is 19.9 Å². The Kier molecular flexibility index (Phi) is 5.46. The smallest absolute Gasteiger partial charge is 0.244 e. The van der Waals surface area contributed by atoms with Gasteiger partial charge < -0.3 is 4.90 Å². The first-order valence-electron chi connectivity index (χ1n) is 8.43. The van der Waals surface area contributed by atoms with Crippen LogP contribution in [0.1, 0.15) is 25.7 Å². The Bertz CT molecular complexity index is 849. The molecule has 1 aromatic carbocycles. The van der Waals surface area contributed by atoms with Crippen LogP contribution in [0.25, 0.3) is 0 Å². The zero-order valence-corrected chi connectivity index (χ0v) is 16.6. The fourth-order valence-electron chi connectivity index (χ4n) is 3.61. The molecule has 2 aliphatic rings. The third-order valence-electron chi connectivity index (χ3n) is 4.91. The van der Waals surface area contributed by atoms with E-state index in [4.69, 9.17) is 11.6 Å². The second-order valence-corrected chi connectivity index (χ2v) is 11.1. The maximum Gasteiger partial charge on any atom is 0.244 e. The van der Waals surface area contributed by atoms with Crippen molar-refractivity contribution in [3.8, 4) is 0 Å². The van der Waals surface area contributed by atoms with E-state index in [-0.39, 0.29) is 20.9 Å². The largest absolute Gasteiger partial charge is 0.302 e. The summed E-state index contributed by atoms with van der Waals surface area (Å²) in [7, 11) is -7.34. The molecule has 3 rings (SSSR count). The Morgan fingerprint density at radius 1 is 1.08 bits per heavy atom. The van der Waals surface area contributed by atoms with E-state index in [1.807, 2.05) is 0 Å². The van der Waals surface area contributed by atoms with Crippen molar-refractivity contribution in [2.45, 2.75) is 41.5 Å². The molecule has 0 aromatic heterocycles. The van der Waals surface area contributed by atoms with Crippen molar-refractivity contribution < 1.29 is 16.8 Å². The van der Waals surface area contributed by atoms with Crippen LogP contribution < -0.4 is 0 Å². The van der Waals surface area contributed by atoms with Crippen LogP contribution >= 0.6 is 11.6 Å².